The Balaban J connectivity index is 2.77. The van der Waals surface area contributed by atoms with E-state index in [2.05, 4.69) is 0 Å². The second-order valence-corrected chi connectivity index (χ2v) is 4.55. The van der Waals surface area contributed by atoms with Crippen LogP contribution in [0.15, 0.2) is 0 Å². The molecule has 9 heavy (non-hydrogen) atoms. The van der Waals surface area contributed by atoms with Crippen molar-refractivity contribution in [2.45, 2.75) is 18.1 Å². The summed E-state index contributed by atoms with van der Waals surface area (Å²) >= 11 is 0. The zero-order chi connectivity index (χ0) is 7.07. The molecule has 1 fully saturated rings. The van der Waals surface area contributed by atoms with Crippen LogP contribution in [-0.2, 0) is 14.6 Å². The SMILES string of the molecule is CS(=O)(=O)C1CCC1=O. The van der Waals surface area contributed by atoms with Crippen LogP contribution in [0.1, 0.15) is 12.8 Å². The van der Waals surface area contributed by atoms with Gasteiger partial charge in [0.2, 0.25) is 0 Å². The number of carbonyl (C=O) groups excluding carboxylic acids is 1. The number of sulfone groups is 1. The monoisotopic (exact) mass is 148 g/mol. The van der Waals surface area contributed by atoms with Crippen LogP contribution in [-0.4, -0.2) is 25.7 Å². The maximum atomic E-state index is 10.6. The molecule has 0 aliphatic heterocycles. The Morgan fingerprint density at radius 1 is 1.56 bits per heavy atom. The Hall–Kier alpha value is -0.380. The summed E-state index contributed by atoms with van der Waals surface area (Å²) in [5.74, 6) is -0.127. The van der Waals surface area contributed by atoms with Crippen LogP contribution in [0.3, 0.4) is 0 Å². The van der Waals surface area contributed by atoms with Gasteiger partial charge in [0.1, 0.15) is 5.25 Å². The van der Waals surface area contributed by atoms with E-state index in [1.165, 1.54) is 0 Å². The highest BCUT2D eigenvalue weighted by atomic mass is 32.2. The van der Waals surface area contributed by atoms with E-state index in [-0.39, 0.29) is 5.78 Å². The van der Waals surface area contributed by atoms with Crippen LogP contribution < -0.4 is 0 Å². The van der Waals surface area contributed by atoms with E-state index < -0.39 is 15.1 Å². The number of rotatable bonds is 1. The second-order valence-electron chi connectivity index (χ2n) is 2.32. The standard InChI is InChI=1S/C5H8O3S/c1-9(7,8)5-3-2-4(5)6/h5H,2-3H2,1H3. The van der Waals surface area contributed by atoms with Gasteiger partial charge in [-0.15, -0.1) is 0 Å². The highest BCUT2D eigenvalue weighted by molar-refractivity contribution is 7.92. The van der Waals surface area contributed by atoms with Crippen molar-refractivity contribution < 1.29 is 13.2 Å². The fourth-order valence-electron chi connectivity index (χ4n) is 0.833. The Morgan fingerprint density at radius 3 is 2.11 bits per heavy atom. The lowest BCUT2D eigenvalue weighted by Gasteiger charge is -2.20. The summed E-state index contributed by atoms with van der Waals surface area (Å²) in [6, 6.07) is 0. The largest absolute Gasteiger partial charge is 0.298 e. The van der Waals surface area contributed by atoms with Crippen LogP contribution in [0.25, 0.3) is 0 Å². The lowest BCUT2D eigenvalue weighted by molar-refractivity contribution is -0.122. The molecule has 1 aliphatic carbocycles. The number of hydrogen-bond donors (Lipinski definition) is 0. The predicted molar refractivity (Wildman–Crippen MR) is 32.9 cm³/mol. The molecule has 0 aromatic carbocycles. The Morgan fingerprint density at radius 2 is 2.11 bits per heavy atom. The zero-order valence-corrected chi connectivity index (χ0v) is 5.94. The average Bonchev–Trinajstić information content (AvgIpc) is 1.57. The van der Waals surface area contributed by atoms with Crippen LogP contribution >= 0.6 is 0 Å². The summed E-state index contributed by atoms with van der Waals surface area (Å²) in [4.78, 5) is 10.5. The molecule has 0 aromatic rings. The van der Waals surface area contributed by atoms with Gasteiger partial charge in [-0.25, -0.2) is 8.42 Å². The predicted octanol–water partition coefficient (Wildman–Crippen LogP) is -0.238. The van der Waals surface area contributed by atoms with Crippen molar-refractivity contribution in [1.29, 1.82) is 0 Å². The third-order valence-electron chi connectivity index (χ3n) is 1.53. The van der Waals surface area contributed by atoms with Crippen molar-refractivity contribution in [3.05, 3.63) is 0 Å². The van der Waals surface area contributed by atoms with Gasteiger partial charge in [0.25, 0.3) is 0 Å². The molecule has 4 heteroatoms. The third kappa shape index (κ3) is 1.13. The van der Waals surface area contributed by atoms with Crippen molar-refractivity contribution >= 4 is 15.6 Å². The fraction of sp³-hybridized carbons (Fsp3) is 0.800. The first-order valence-corrected chi connectivity index (χ1v) is 4.69. The fourth-order valence-corrected chi connectivity index (χ4v) is 1.97. The summed E-state index contributed by atoms with van der Waals surface area (Å²) < 4.78 is 21.2. The van der Waals surface area contributed by atoms with Crippen LogP contribution in [0.5, 0.6) is 0 Å². The Labute approximate surface area is 54.0 Å². The minimum atomic E-state index is -3.06. The molecule has 0 spiro atoms. The zero-order valence-electron chi connectivity index (χ0n) is 5.12. The topological polar surface area (TPSA) is 51.2 Å². The summed E-state index contributed by atoms with van der Waals surface area (Å²) in [6.07, 6.45) is 2.07. The number of ketones is 1. The molecule has 52 valence electrons. The summed E-state index contributed by atoms with van der Waals surface area (Å²) in [5, 5.41) is -0.669. The molecular formula is C5H8O3S. The van der Waals surface area contributed by atoms with Gasteiger partial charge < -0.3 is 0 Å². The van der Waals surface area contributed by atoms with Gasteiger partial charge >= 0.3 is 0 Å². The van der Waals surface area contributed by atoms with Gasteiger partial charge in [-0.1, -0.05) is 0 Å². The Bertz CT molecular complexity index is 227. The van der Waals surface area contributed by atoms with Crippen LogP contribution in [0.2, 0.25) is 0 Å². The minimum Gasteiger partial charge on any atom is -0.298 e. The summed E-state index contributed by atoms with van der Waals surface area (Å²) in [5.41, 5.74) is 0. The van der Waals surface area contributed by atoms with E-state index in [9.17, 15) is 13.2 Å². The van der Waals surface area contributed by atoms with Gasteiger partial charge in [-0.05, 0) is 6.42 Å². The van der Waals surface area contributed by atoms with Gasteiger partial charge in [0.05, 0.1) is 0 Å². The Kier molecular flexibility index (Phi) is 1.35. The molecule has 0 N–H and O–H groups in total. The van der Waals surface area contributed by atoms with Gasteiger partial charge in [-0.3, -0.25) is 4.79 Å². The van der Waals surface area contributed by atoms with E-state index in [0.717, 1.165) is 6.26 Å². The van der Waals surface area contributed by atoms with Crippen molar-refractivity contribution in [2.75, 3.05) is 6.26 Å². The van der Waals surface area contributed by atoms with Gasteiger partial charge in [0.15, 0.2) is 15.6 Å². The second kappa shape index (κ2) is 1.80. The van der Waals surface area contributed by atoms with Gasteiger partial charge in [0, 0.05) is 12.7 Å². The highest BCUT2D eigenvalue weighted by Gasteiger charge is 2.36. The van der Waals surface area contributed by atoms with Crippen molar-refractivity contribution in [1.82, 2.24) is 0 Å². The molecule has 1 atom stereocenters. The normalized spacial score (nSPS) is 27.7. The van der Waals surface area contributed by atoms with E-state index in [1.54, 1.807) is 0 Å². The number of Topliss-reactive ketones (excluding diaryl/α,β-unsaturated/α-hetero) is 1. The van der Waals surface area contributed by atoms with Gasteiger partial charge in [-0.2, -0.15) is 0 Å². The summed E-state index contributed by atoms with van der Waals surface area (Å²) in [6.45, 7) is 0. The van der Waals surface area contributed by atoms with Crippen molar-refractivity contribution in [3.8, 4) is 0 Å². The van der Waals surface area contributed by atoms with E-state index in [0.29, 0.717) is 12.8 Å². The first kappa shape index (κ1) is 6.74. The first-order valence-electron chi connectivity index (χ1n) is 2.73. The summed E-state index contributed by atoms with van der Waals surface area (Å²) in [7, 11) is -3.06. The molecule has 0 aromatic heterocycles. The first-order chi connectivity index (χ1) is 4.02. The van der Waals surface area contributed by atoms with Crippen LogP contribution in [0.4, 0.5) is 0 Å². The number of carbonyl (C=O) groups is 1. The molecule has 1 saturated carbocycles. The molecule has 0 bridgehead atoms. The molecule has 1 unspecified atom stereocenters. The lowest BCUT2D eigenvalue weighted by Crippen LogP contribution is -2.38. The molecule has 1 rings (SSSR count). The molecule has 0 amide bonds. The lowest BCUT2D eigenvalue weighted by atomic mass is 9.98. The van der Waals surface area contributed by atoms with Crippen molar-refractivity contribution in [2.24, 2.45) is 0 Å². The number of hydrogen-bond acceptors (Lipinski definition) is 3. The maximum absolute atomic E-state index is 10.6. The van der Waals surface area contributed by atoms with Crippen LogP contribution in [0, 0.1) is 0 Å². The quantitative estimate of drug-likeness (QED) is 0.515. The molecule has 0 radical (unpaired) electrons. The highest BCUT2D eigenvalue weighted by Crippen LogP contribution is 2.20. The molecular weight excluding hydrogens is 140 g/mol. The third-order valence-corrected chi connectivity index (χ3v) is 3.06. The maximum Gasteiger partial charge on any atom is 0.157 e. The van der Waals surface area contributed by atoms with E-state index in [4.69, 9.17) is 0 Å². The average molecular weight is 148 g/mol. The molecule has 3 nitrogen and oxygen atoms in total. The minimum absolute atomic E-state index is 0.127. The molecule has 0 saturated heterocycles. The molecule has 1 aliphatic rings. The van der Waals surface area contributed by atoms with E-state index in [1.807, 2.05) is 0 Å². The van der Waals surface area contributed by atoms with Crippen molar-refractivity contribution in [3.63, 3.8) is 0 Å². The molecule has 0 heterocycles. The van der Waals surface area contributed by atoms with E-state index >= 15 is 0 Å². The smallest absolute Gasteiger partial charge is 0.157 e.